The van der Waals surface area contributed by atoms with Gasteiger partial charge in [-0.3, -0.25) is 0 Å². The minimum absolute atomic E-state index is 0.571. The maximum Gasteiger partial charge on any atom is 0.133 e. The summed E-state index contributed by atoms with van der Waals surface area (Å²) in [6.07, 6.45) is 0. The van der Waals surface area contributed by atoms with Crippen molar-refractivity contribution in [1.82, 2.24) is 0 Å². The van der Waals surface area contributed by atoms with Crippen LogP contribution in [-0.2, 0) is 13.1 Å². The Hall–Kier alpha value is -1.52. The zero-order valence-electron chi connectivity index (χ0n) is 10.8. The average Bonchev–Trinajstić information content (AvgIpc) is 2.45. The topological polar surface area (TPSA) is 47.3 Å². The molecule has 3 N–H and O–H groups in total. The first kappa shape index (κ1) is 13.9. The summed E-state index contributed by atoms with van der Waals surface area (Å²) in [4.78, 5) is 0. The number of hydrogen-bond donors (Lipinski definition) is 2. The van der Waals surface area contributed by atoms with E-state index in [-0.39, 0.29) is 0 Å². The molecule has 0 atom stereocenters. The second kappa shape index (κ2) is 6.59. The maximum absolute atomic E-state index is 5.64. The molecule has 0 heterocycles. The summed E-state index contributed by atoms with van der Waals surface area (Å²) in [5.74, 6) is 0.829. The van der Waals surface area contributed by atoms with Crippen molar-refractivity contribution in [1.29, 1.82) is 0 Å². The lowest BCUT2D eigenvalue weighted by atomic mass is 10.1. The fourth-order valence-electron chi connectivity index (χ4n) is 1.85. The molecule has 3 nitrogen and oxygen atoms in total. The van der Waals surface area contributed by atoms with Crippen LogP contribution < -0.4 is 15.8 Å². The second-order valence-corrected chi connectivity index (χ2v) is 5.08. The van der Waals surface area contributed by atoms with Crippen molar-refractivity contribution >= 4 is 21.6 Å². The normalized spacial score (nSPS) is 10.3. The number of ether oxygens (including phenoxy) is 1. The molecule has 0 aliphatic rings. The minimum Gasteiger partial charge on any atom is -0.496 e. The first-order chi connectivity index (χ1) is 9.22. The average molecular weight is 321 g/mol. The minimum atomic E-state index is 0.571. The van der Waals surface area contributed by atoms with E-state index in [0.717, 1.165) is 28.0 Å². The van der Waals surface area contributed by atoms with Crippen LogP contribution in [0, 0.1) is 0 Å². The molecular weight excluding hydrogens is 304 g/mol. The van der Waals surface area contributed by atoms with Crippen molar-refractivity contribution in [3.63, 3.8) is 0 Å². The number of hydrogen-bond acceptors (Lipinski definition) is 3. The lowest BCUT2D eigenvalue weighted by Gasteiger charge is -2.10. The summed E-state index contributed by atoms with van der Waals surface area (Å²) in [6.45, 7) is 1.34. The van der Waals surface area contributed by atoms with E-state index in [0.29, 0.717) is 6.54 Å². The largest absolute Gasteiger partial charge is 0.496 e. The van der Waals surface area contributed by atoms with Gasteiger partial charge in [0.15, 0.2) is 0 Å². The van der Waals surface area contributed by atoms with Crippen molar-refractivity contribution in [2.75, 3.05) is 12.4 Å². The highest BCUT2D eigenvalue weighted by atomic mass is 79.9. The van der Waals surface area contributed by atoms with Crippen LogP contribution in [0.1, 0.15) is 11.1 Å². The van der Waals surface area contributed by atoms with Gasteiger partial charge in [-0.1, -0.05) is 24.3 Å². The molecule has 100 valence electrons. The lowest BCUT2D eigenvalue weighted by molar-refractivity contribution is 0.412. The van der Waals surface area contributed by atoms with Crippen LogP contribution in [0.2, 0.25) is 0 Å². The number of rotatable bonds is 5. The van der Waals surface area contributed by atoms with Crippen molar-refractivity contribution < 1.29 is 4.74 Å². The van der Waals surface area contributed by atoms with E-state index in [1.54, 1.807) is 7.11 Å². The molecule has 0 saturated heterocycles. The Bertz CT molecular complexity index is 558. The summed E-state index contributed by atoms with van der Waals surface area (Å²) >= 11 is 3.47. The van der Waals surface area contributed by atoms with Crippen molar-refractivity contribution in [3.8, 4) is 5.75 Å². The molecule has 0 unspecified atom stereocenters. The van der Waals surface area contributed by atoms with Gasteiger partial charge in [0, 0.05) is 18.8 Å². The summed E-state index contributed by atoms with van der Waals surface area (Å²) in [6, 6.07) is 14.2. The molecule has 0 amide bonds. The highest BCUT2D eigenvalue weighted by Crippen LogP contribution is 2.27. The number of halogens is 1. The van der Waals surface area contributed by atoms with Gasteiger partial charge in [-0.15, -0.1) is 0 Å². The first-order valence-electron chi connectivity index (χ1n) is 6.08. The van der Waals surface area contributed by atoms with E-state index >= 15 is 0 Å². The van der Waals surface area contributed by atoms with E-state index in [9.17, 15) is 0 Å². The SMILES string of the molecule is COc1ccc(NCc2cccc(CN)c2)cc1Br. The Morgan fingerprint density at radius 1 is 1.16 bits per heavy atom. The zero-order valence-corrected chi connectivity index (χ0v) is 12.4. The van der Waals surface area contributed by atoms with Gasteiger partial charge in [0.25, 0.3) is 0 Å². The van der Waals surface area contributed by atoms with Crippen LogP contribution in [-0.4, -0.2) is 7.11 Å². The number of methoxy groups -OCH3 is 1. The van der Waals surface area contributed by atoms with E-state index in [4.69, 9.17) is 10.5 Å². The summed E-state index contributed by atoms with van der Waals surface area (Å²) in [5, 5.41) is 3.38. The molecule has 0 saturated carbocycles. The third kappa shape index (κ3) is 3.72. The quantitative estimate of drug-likeness (QED) is 0.886. The van der Waals surface area contributed by atoms with Crippen molar-refractivity contribution in [3.05, 3.63) is 58.1 Å². The maximum atomic E-state index is 5.64. The van der Waals surface area contributed by atoms with E-state index < -0.39 is 0 Å². The van der Waals surface area contributed by atoms with Crippen molar-refractivity contribution in [2.24, 2.45) is 5.73 Å². The fraction of sp³-hybridized carbons (Fsp3) is 0.200. The van der Waals surface area contributed by atoms with Crippen LogP contribution >= 0.6 is 15.9 Å². The standard InChI is InChI=1S/C15H17BrN2O/c1-19-15-6-5-13(8-14(15)16)18-10-12-4-2-3-11(7-12)9-17/h2-8,18H,9-10,17H2,1H3. The highest BCUT2D eigenvalue weighted by molar-refractivity contribution is 9.10. The Labute approximate surface area is 121 Å². The van der Waals surface area contributed by atoms with Gasteiger partial charge in [0.05, 0.1) is 11.6 Å². The van der Waals surface area contributed by atoms with Crippen molar-refractivity contribution in [2.45, 2.75) is 13.1 Å². The third-order valence-electron chi connectivity index (χ3n) is 2.88. The Balaban J connectivity index is 2.03. The lowest BCUT2D eigenvalue weighted by Crippen LogP contribution is -2.02. The summed E-state index contributed by atoms with van der Waals surface area (Å²) in [7, 11) is 1.66. The second-order valence-electron chi connectivity index (χ2n) is 4.23. The number of anilines is 1. The van der Waals surface area contributed by atoms with E-state index in [2.05, 4.69) is 33.4 Å². The molecule has 0 aliphatic carbocycles. The summed E-state index contributed by atoms with van der Waals surface area (Å²) in [5.41, 5.74) is 9.05. The van der Waals surface area contributed by atoms with Gasteiger partial charge in [-0.25, -0.2) is 0 Å². The van der Waals surface area contributed by atoms with Gasteiger partial charge >= 0.3 is 0 Å². The fourth-order valence-corrected chi connectivity index (χ4v) is 2.39. The molecule has 2 aromatic rings. The van der Waals surface area contributed by atoms with Crippen LogP contribution in [0.3, 0.4) is 0 Å². The first-order valence-corrected chi connectivity index (χ1v) is 6.87. The Kier molecular flexibility index (Phi) is 4.82. The molecule has 0 radical (unpaired) electrons. The Morgan fingerprint density at radius 2 is 1.95 bits per heavy atom. The Morgan fingerprint density at radius 3 is 2.63 bits per heavy atom. The smallest absolute Gasteiger partial charge is 0.133 e. The third-order valence-corrected chi connectivity index (χ3v) is 3.50. The number of nitrogens with one attached hydrogen (secondary N) is 1. The number of nitrogens with two attached hydrogens (primary N) is 1. The van der Waals surface area contributed by atoms with Crippen LogP contribution in [0.4, 0.5) is 5.69 Å². The van der Waals surface area contributed by atoms with Gasteiger partial charge in [-0.05, 0) is 45.3 Å². The summed E-state index contributed by atoms with van der Waals surface area (Å²) < 4.78 is 6.14. The van der Waals surface area contributed by atoms with Crippen LogP contribution in [0.25, 0.3) is 0 Å². The van der Waals surface area contributed by atoms with Crippen LogP contribution in [0.5, 0.6) is 5.75 Å². The molecule has 4 heteroatoms. The molecule has 0 aliphatic heterocycles. The predicted octanol–water partition coefficient (Wildman–Crippen LogP) is 3.53. The highest BCUT2D eigenvalue weighted by Gasteiger charge is 2.01. The predicted molar refractivity (Wildman–Crippen MR) is 82.4 cm³/mol. The van der Waals surface area contributed by atoms with E-state index in [1.807, 2.05) is 30.3 Å². The molecule has 2 aromatic carbocycles. The molecule has 2 rings (SSSR count). The zero-order chi connectivity index (χ0) is 13.7. The molecule has 0 aromatic heterocycles. The molecule has 19 heavy (non-hydrogen) atoms. The van der Waals surface area contributed by atoms with E-state index in [1.165, 1.54) is 5.56 Å². The molecule has 0 spiro atoms. The van der Waals surface area contributed by atoms with Gasteiger partial charge < -0.3 is 15.8 Å². The van der Waals surface area contributed by atoms with Gasteiger partial charge in [0.2, 0.25) is 0 Å². The van der Waals surface area contributed by atoms with Gasteiger partial charge in [0.1, 0.15) is 5.75 Å². The van der Waals surface area contributed by atoms with Gasteiger partial charge in [-0.2, -0.15) is 0 Å². The monoisotopic (exact) mass is 320 g/mol. The molecular formula is C15H17BrN2O. The van der Waals surface area contributed by atoms with Crippen LogP contribution in [0.15, 0.2) is 46.9 Å². The molecule has 0 bridgehead atoms. The number of benzene rings is 2. The molecule has 0 fully saturated rings.